The Balaban J connectivity index is 1.32. The van der Waals surface area contributed by atoms with E-state index in [9.17, 15) is 9.18 Å². The van der Waals surface area contributed by atoms with Crippen molar-refractivity contribution in [3.63, 3.8) is 0 Å². The van der Waals surface area contributed by atoms with Crippen LogP contribution in [-0.2, 0) is 13.0 Å². The van der Waals surface area contributed by atoms with Gasteiger partial charge in [0.15, 0.2) is 0 Å². The van der Waals surface area contributed by atoms with Crippen molar-refractivity contribution in [3.05, 3.63) is 65.4 Å². The monoisotopic (exact) mass is 461 g/mol. The molecule has 0 saturated heterocycles. The molecule has 4 heterocycles. The topological polar surface area (TPSA) is 107 Å². The Kier molecular flexibility index (Phi) is 5.79. The normalized spacial score (nSPS) is 13.7. The molecule has 0 unspecified atom stereocenters. The molecule has 5 rings (SSSR count). The van der Waals surface area contributed by atoms with Crippen LogP contribution >= 0.6 is 0 Å². The molecule has 10 heteroatoms. The fourth-order valence-electron chi connectivity index (χ4n) is 3.90. The Hall–Kier alpha value is -4.08. The van der Waals surface area contributed by atoms with Crippen LogP contribution < -0.4 is 15.4 Å². The van der Waals surface area contributed by atoms with E-state index >= 15 is 0 Å². The maximum Gasteiger partial charge on any atom is 0.257 e. The van der Waals surface area contributed by atoms with E-state index in [-0.39, 0.29) is 5.91 Å². The average molecular weight is 462 g/mol. The van der Waals surface area contributed by atoms with Gasteiger partial charge in [-0.05, 0) is 51.0 Å². The van der Waals surface area contributed by atoms with Crippen LogP contribution in [0.3, 0.4) is 0 Å². The van der Waals surface area contributed by atoms with Crippen LogP contribution in [0.4, 0.5) is 15.9 Å². The lowest BCUT2D eigenvalue weighted by atomic mass is 10.1. The van der Waals surface area contributed by atoms with Crippen molar-refractivity contribution in [3.8, 4) is 5.88 Å². The van der Waals surface area contributed by atoms with Gasteiger partial charge in [0.1, 0.15) is 17.2 Å². The zero-order valence-electron chi connectivity index (χ0n) is 18.9. The molecule has 1 amide bonds. The summed E-state index contributed by atoms with van der Waals surface area (Å²) in [6.45, 7) is 5.15. The smallest absolute Gasteiger partial charge is 0.257 e. The highest BCUT2D eigenvalue weighted by Crippen LogP contribution is 2.26. The van der Waals surface area contributed by atoms with Gasteiger partial charge in [0.05, 0.1) is 30.6 Å². The van der Waals surface area contributed by atoms with E-state index in [0.717, 1.165) is 24.9 Å². The summed E-state index contributed by atoms with van der Waals surface area (Å²) in [6, 6.07) is 5.83. The molecule has 0 bridgehead atoms. The summed E-state index contributed by atoms with van der Waals surface area (Å²) < 4.78 is 21.9. The van der Waals surface area contributed by atoms with Gasteiger partial charge >= 0.3 is 0 Å². The fraction of sp³-hybridized carbons (Fsp3) is 0.292. The number of fused-ring (bicyclic) bond motifs is 2. The lowest BCUT2D eigenvalue weighted by molar-refractivity contribution is 0.102. The Bertz CT molecular complexity index is 1370. The highest BCUT2D eigenvalue weighted by Gasteiger charge is 2.17. The molecule has 9 nitrogen and oxygen atoms in total. The van der Waals surface area contributed by atoms with E-state index in [1.54, 1.807) is 23.0 Å². The summed E-state index contributed by atoms with van der Waals surface area (Å²) in [5.74, 6) is 0.351. The maximum atomic E-state index is 14.6. The van der Waals surface area contributed by atoms with Gasteiger partial charge in [-0.3, -0.25) is 9.48 Å². The minimum Gasteiger partial charge on any atom is -0.477 e. The Morgan fingerprint density at radius 3 is 3.00 bits per heavy atom. The second kappa shape index (κ2) is 9.05. The Labute approximate surface area is 195 Å². The van der Waals surface area contributed by atoms with Gasteiger partial charge in [0.25, 0.3) is 5.91 Å². The number of halogens is 1. The van der Waals surface area contributed by atoms with E-state index in [2.05, 4.69) is 30.7 Å². The number of nitrogens with zero attached hydrogens (tertiary/aromatic N) is 5. The molecule has 0 fully saturated rings. The zero-order chi connectivity index (χ0) is 23.7. The number of rotatable bonds is 6. The van der Waals surface area contributed by atoms with Gasteiger partial charge in [0.2, 0.25) is 11.5 Å². The highest BCUT2D eigenvalue weighted by molar-refractivity contribution is 6.04. The fourth-order valence-corrected chi connectivity index (χ4v) is 3.90. The predicted molar refractivity (Wildman–Crippen MR) is 125 cm³/mol. The molecule has 174 valence electrons. The van der Waals surface area contributed by atoms with Crippen LogP contribution in [0.15, 0.2) is 42.9 Å². The molecule has 0 radical (unpaired) electrons. The van der Waals surface area contributed by atoms with Crippen LogP contribution in [0.2, 0.25) is 0 Å². The minimum absolute atomic E-state index is 0.318. The van der Waals surface area contributed by atoms with E-state index < -0.39 is 11.9 Å². The largest absolute Gasteiger partial charge is 0.477 e. The molecule has 1 aromatic carbocycles. The number of ether oxygens (including phenoxy) is 1. The van der Waals surface area contributed by atoms with E-state index in [4.69, 9.17) is 4.74 Å². The lowest BCUT2D eigenvalue weighted by Gasteiger charge is -2.18. The summed E-state index contributed by atoms with van der Waals surface area (Å²) in [5.41, 5.74) is 3.42. The maximum absolute atomic E-state index is 14.6. The zero-order valence-corrected chi connectivity index (χ0v) is 18.9. The molecule has 3 aromatic heterocycles. The van der Waals surface area contributed by atoms with Gasteiger partial charge in [-0.1, -0.05) is 0 Å². The first-order valence-electron chi connectivity index (χ1n) is 11.2. The number of anilines is 2. The number of hydrogen-bond acceptors (Lipinski definition) is 7. The van der Waals surface area contributed by atoms with Crippen molar-refractivity contribution in [1.82, 2.24) is 24.7 Å². The van der Waals surface area contributed by atoms with Crippen molar-refractivity contribution < 1.29 is 13.9 Å². The summed E-state index contributed by atoms with van der Waals surface area (Å²) >= 11 is 0. The summed E-state index contributed by atoms with van der Waals surface area (Å²) in [7, 11) is 0. The van der Waals surface area contributed by atoms with Crippen LogP contribution in [0, 0.1) is 5.82 Å². The third-order valence-electron chi connectivity index (χ3n) is 5.70. The first-order chi connectivity index (χ1) is 16.5. The summed E-state index contributed by atoms with van der Waals surface area (Å²) in [6.07, 6.45) is 6.62. The average Bonchev–Trinajstić information content (AvgIpc) is 3.27. The standard InChI is InChI=1S/C24H24FN7O2/c1-3-32-13-20-22(31-32)30-21(12-26-20)28-14(2)18-10-17(6-7-19(18)25)29-23(33)16-9-15-5-4-8-34-24(15)27-11-16/h6-7,9-14H,3-5,8H2,1-2H3,(H,29,33)(H,28,30,31)/t14-/m0/s1. The number of carbonyl (C=O) groups excluding carboxylic acids is 1. The number of pyridine rings is 1. The van der Waals surface area contributed by atoms with Crippen LogP contribution in [-0.4, -0.2) is 37.2 Å². The predicted octanol–water partition coefficient (Wildman–Crippen LogP) is 4.13. The number of amides is 1. The number of benzene rings is 1. The van der Waals surface area contributed by atoms with Crippen molar-refractivity contribution in [2.75, 3.05) is 17.2 Å². The number of aromatic nitrogens is 5. The summed E-state index contributed by atoms with van der Waals surface area (Å²) in [5, 5.41) is 10.4. The number of carbonyl (C=O) groups is 1. The quantitative estimate of drug-likeness (QED) is 0.445. The molecule has 4 aromatic rings. The molecule has 0 spiro atoms. The third-order valence-corrected chi connectivity index (χ3v) is 5.70. The van der Waals surface area contributed by atoms with Crippen molar-refractivity contribution in [1.29, 1.82) is 0 Å². The highest BCUT2D eigenvalue weighted by atomic mass is 19.1. The molecule has 1 atom stereocenters. The van der Waals surface area contributed by atoms with Gasteiger partial charge in [-0.2, -0.15) is 5.10 Å². The molecule has 0 aliphatic carbocycles. The van der Waals surface area contributed by atoms with Crippen molar-refractivity contribution in [2.45, 2.75) is 39.3 Å². The van der Waals surface area contributed by atoms with Crippen LogP contribution in [0.25, 0.3) is 11.2 Å². The van der Waals surface area contributed by atoms with Gasteiger partial charge in [-0.25, -0.2) is 19.3 Å². The van der Waals surface area contributed by atoms with E-state index in [1.807, 2.05) is 20.0 Å². The second-order valence-electron chi connectivity index (χ2n) is 8.15. The van der Waals surface area contributed by atoms with E-state index in [1.165, 1.54) is 18.3 Å². The van der Waals surface area contributed by atoms with Crippen molar-refractivity contribution in [2.24, 2.45) is 0 Å². The molecule has 1 aliphatic heterocycles. The van der Waals surface area contributed by atoms with Crippen molar-refractivity contribution >= 4 is 28.6 Å². The minimum atomic E-state index is -0.431. The van der Waals surface area contributed by atoms with Gasteiger partial charge in [-0.15, -0.1) is 0 Å². The van der Waals surface area contributed by atoms with E-state index in [0.29, 0.717) is 46.3 Å². The number of aryl methyl sites for hydroxylation is 2. The molecular weight excluding hydrogens is 437 g/mol. The molecule has 34 heavy (non-hydrogen) atoms. The first-order valence-corrected chi connectivity index (χ1v) is 11.2. The van der Waals surface area contributed by atoms with Gasteiger partial charge < -0.3 is 15.4 Å². The second-order valence-corrected chi connectivity index (χ2v) is 8.15. The molecule has 1 aliphatic rings. The molecule has 2 N–H and O–H groups in total. The first kappa shape index (κ1) is 21.7. The molecule has 0 saturated carbocycles. The van der Waals surface area contributed by atoms with Crippen LogP contribution in [0.5, 0.6) is 5.88 Å². The molecular formula is C24H24FN7O2. The lowest BCUT2D eigenvalue weighted by Crippen LogP contribution is -2.16. The van der Waals surface area contributed by atoms with Gasteiger partial charge in [0, 0.05) is 29.6 Å². The Morgan fingerprint density at radius 1 is 1.26 bits per heavy atom. The summed E-state index contributed by atoms with van der Waals surface area (Å²) in [4.78, 5) is 25.9. The SMILES string of the molecule is CCn1cc2ncc(N[C@@H](C)c3cc(NC(=O)c4cnc5c(c4)CCCO5)ccc3F)nc2n1. The number of hydrogen-bond donors (Lipinski definition) is 2. The van der Waals surface area contributed by atoms with Crippen LogP contribution in [0.1, 0.15) is 47.8 Å². The number of nitrogens with one attached hydrogen (secondary N) is 2. The third kappa shape index (κ3) is 4.39. The Morgan fingerprint density at radius 2 is 2.15 bits per heavy atom.